The van der Waals surface area contributed by atoms with E-state index >= 15 is 0 Å². The average Bonchev–Trinajstić information content (AvgIpc) is 2.59. The van der Waals surface area contributed by atoms with Crippen LogP contribution in [0.25, 0.3) is 16.4 Å². The van der Waals surface area contributed by atoms with E-state index in [1.54, 1.807) is 25.8 Å². The molecular weight excluding hydrogens is 271 g/mol. The van der Waals surface area contributed by atoms with Crippen molar-refractivity contribution in [3.05, 3.63) is 78.5 Å². The third-order valence-corrected chi connectivity index (χ3v) is 3.31. The van der Waals surface area contributed by atoms with Crippen LogP contribution in [0.3, 0.4) is 0 Å². The summed E-state index contributed by atoms with van der Waals surface area (Å²) in [6.45, 7) is 3.99. The van der Waals surface area contributed by atoms with E-state index in [1.165, 1.54) is 0 Å². The SMILES string of the molecule is C=C([B]Oc1cccc2cccnc12)c1ccc(C#N)cc1. The minimum Gasteiger partial charge on any atom is -0.556 e. The summed E-state index contributed by atoms with van der Waals surface area (Å²) in [7, 11) is 1.60. The summed E-state index contributed by atoms with van der Waals surface area (Å²) in [5.74, 6) is 0.688. The molecule has 1 heterocycles. The van der Waals surface area contributed by atoms with Crippen molar-refractivity contribution in [3.63, 3.8) is 0 Å². The molecule has 0 N–H and O–H groups in total. The van der Waals surface area contributed by atoms with Gasteiger partial charge in [-0.3, -0.25) is 4.98 Å². The van der Waals surface area contributed by atoms with Crippen LogP contribution >= 0.6 is 0 Å². The Hall–Kier alpha value is -3.06. The van der Waals surface area contributed by atoms with Crippen molar-refractivity contribution < 1.29 is 4.65 Å². The molecule has 0 atom stereocenters. The van der Waals surface area contributed by atoms with Crippen molar-refractivity contribution >= 4 is 23.9 Å². The topological polar surface area (TPSA) is 45.9 Å². The molecule has 0 aliphatic rings. The zero-order valence-corrected chi connectivity index (χ0v) is 11.9. The van der Waals surface area contributed by atoms with Crippen molar-refractivity contribution in [2.24, 2.45) is 0 Å². The number of hydrogen-bond acceptors (Lipinski definition) is 3. The molecule has 1 aromatic heterocycles. The van der Waals surface area contributed by atoms with Crippen LogP contribution in [0.4, 0.5) is 0 Å². The van der Waals surface area contributed by atoms with Gasteiger partial charge in [0.2, 0.25) is 0 Å². The zero-order chi connectivity index (χ0) is 15.4. The van der Waals surface area contributed by atoms with Crippen LogP contribution in [0.1, 0.15) is 11.1 Å². The van der Waals surface area contributed by atoms with E-state index in [1.807, 2.05) is 42.5 Å². The molecule has 0 aliphatic heterocycles. The Labute approximate surface area is 129 Å². The van der Waals surface area contributed by atoms with Gasteiger partial charge in [-0.05, 0) is 35.3 Å². The van der Waals surface area contributed by atoms with E-state index < -0.39 is 0 Å². The van der Waals surface area contributed by atoms with Gasteiger partial charge in [0.15, 0.2) is 0 Å². The fourth-order valence-corrected chi connectivity index (χ4v) is 2.13. The summed E-state index contributed by atoms with van der Waals surface area (Å²) >= 11 is 0. The van der Waals surface area contributed by atoms with Gasteiger partial charge in [0.25, 0.3) is 0 Å². The van der Waals surface area contributed by atoms with E-state index in [0.717, 1.165) is 21.9 Å². The smallest absolute Gasteiger partial charge is 0.408 e. The number of para-hydroxylation sites is 1. The lowest BCUT2D eigenvalue weighted by Gasteiger charge is -2.09. The van der Waals surface area contributed by atoms with Crippen LogP contribution in [0.5, 0.6) is 5.75 Å². The van der Waals surface area contributed by atoms with E-state index in [4.69, 9.17) is 9.92 Å². The normalized spacial score (nSPS) is 9.95. The number of nitriles is 1. The Balaban J connectivity index is 1.76. The van der Waals surface area contributed by atoms with Crippen molar-refractivity contribution in [2.75, 3.05) is 0 Å². The number of aromatic nitrogens is 1. The molecule has 0 saturated carbocycles. The number of benzene rings is 2. The van der Waals surface area contributed by atoms with Crippen LogP contribution in [0.15, 0.2) is 67.4 Å². The molecule has 3 nitrogen and oxygen atoms in total. The maximum atomic E-state index is 8.81. The largest absolute Gasteiger partial charge is 0.556 e. The van der Waals surface area contributed by atoms with Gasteiger partial charge in [-0.25, -0.2) is 0 Å². The highest BCUT2D eigenvalue weighted by Crippen LogP contribution is 2.23. The van der Waals surface area contributed by atoms with Crippen molar-refractivity contribution in [1.82, 2.24) is 4.98 Å². The highest BCUT2D eigenvalue weighted by atomic mass is 16.4. The summed E-state index contributed by atoms with van der Waals surface area (Å²) < 4.78 is 5.74. The molecule has 0 spiro atoms. The summed E-state index contributed by atoms with van der Waals surface area (Å²) in [5.41, 5.74) is 3.08. The molecule has 3 rings (SSSR count). The molecule has 3 aromatic rings. The lowest BCUT2D eigenvalue weighted by atomic mass is 9.83. The summed E-state index contributed by atoms with van der Waals surface area (Å²) in [4.78, 5) is 4.34. The Morgan fingerprint density at radius 1 is 1.09 bits per heavy atom. The van der Waals surface area contributed by atoms with Gasteiger partial charge in [-0.2, -0.15) is 5.26 Å². The Morgan fingerprint density at radius 3 is 2.64 bits per heavy atom. The third kappa shape index (κ3) is 2.84. The second kappa shape index (κ2) is 6.15. The lowest BCUT2D eigenvalue weighted by Crippen LogP contribution is -2.05. The molecule has 1 radical (unpaired) electrons. The van der Waals surface area contributed by atoms with Crippen molar-refractivity contribution in [2.45, 2.75) is 0 Å². The summed E-state index contributed by atoms with van der Waals surface area (Å²) in [5, 5.41) is 9.83. The zero-order valence-electron chi connectivity index (χ0n) is 11.9. The van der Waals surface area contributed by atoms with Gasteiger partial charge in [-0.1, -0.05) is 30.3 Å². The molecule has 4 heteroatoms. The minimum atomic E-state index is 0.621. The first-order valence-corrected chi connectivity index (χ1v) is 6.81. The first kappa shape index (κ1) is 13.9. The molecule has 0 bridgehead atoms. The molecule has 2 aromatic carbocycles. The Morgan fingerprint density at radius 2 is 1.86 bits per heavy atom. The number of pyridine rings is 1. The molecule has 103 valence electrons. The average molecular weight is 283 g/mol. The van der Waals surface area contributed by atoms with Crippen LogP contribution in [-0.4, -0.2) is 12.5 Å². The third-order valence-electron chi connectivity index (χ3n) is 3.31. The van der Waals surface area contributed by atoms with Crippen LogP contribution < -0.4 is 4.65 Å². The Bertz CT molecular complexity index is 861. The Kier molecular flexibility index (Phi) is 3.89. The predicted molar refractivity (Wildman–Crippen MR) is 88.3 cm³/mol. The van der Waals surface area contributed by atoms with Gasteiger partial charge < -0.3 is 4.65 Å². The molecule has 0 aliphatic carbocycles. The van der Waals surface area contributed by atoms with Gasteiger partial charge in [0.05, 0.1) is 11.6 Å². The first-order valence-electron chi connectivity index (χ1n) is 6.81. The number of rotatable bonds is 4. The summed E-state index contributed by atoms with van der Waals surface area (Å²) in [6, 6.07) is 19.0. The van der Waals surface area contributed by atoms with Crippen LogP contribution in [0.2, 0.25) is 0 Å². The number of fused-ring (bicyclic) bond motifs is 1. The van der Waals surface area contributed by atoms with Crippen molar-refractivity contribution in [1.29, 1.82) is 5.26 Å². The van der Waals surface area contributed by atoms with Crippen LogP contribution in [0, 0.1) is 11.3 Å². The molecule has 0 fully saturated rings. The van der Waals surface area contributed by atoms with Gasteiger partial charge in [0, 0.05) is 11.6 Å². The molecule has 22 heavy (non-hydrogen) atoms. The standard InChI is InChI=1S/C18H12BN2O/c1-13(15-9-7-14(12-20)8-10-15)19-22-17-6-2-4-16-5-3-11-21-18(16)17/h2-11H,1H2. The molecular formula is C18H12BN2O. The fraction of sp³-hybridized carbons (Fsp3) is 0. The number of hydrogen-bond donors (Lipinski definition) is 0. The van der Waals surface area contributed by atoms with E-state index in [9.17, 15) is 0 Å². The van der Waals surface area contributed by atoms with Gasteiger partial charge in [-0.15, -0.1) is 6.58 Å². The summed E-state index contributed by atoms with van der Waals surface area (Å²) in [6.07, 6.45) is 1.74. The van der Waals surface area contributed by atoms with E-state index in [0.29, 0.717) is 11.3 Å². The predicted octanol–water partition coefficient (Wildman–Crippen LogP) is 3.78. The highest BCUT2D eigenvalue weighted by Gasteiger charge is 2.07. The molecule has 0 unspecified atom stereocenters. The maximum absolute atomic E-state index is 8.81. The first-order chi connectivity index (χ1) is 10.8. The van der Waals surface area contributed by atoms with Gasteiger partial charge in [0.1, 0.15) is 11.3 Å². The highest BCUT2D eigenvalue weighted by molar-refractivity contribution is 6.55. The maximum Gasteiger partial charge on any atom is 0.408 e. The quantitative estimate of drug-likeness (QED) is 0.684. The van der Waals surface area contributed by atoms with Crippen molar-refractivity contribution in [3.8, 4) is 11.8 Å². The van der Waals surface area contributed by atoms with E-state index in [-0.39, 0.29) is 0 Å². The fourth-order valence-electron chi connectivity index (χ4n) is 2.13. The van der Waals surface area contributed by atoms with Gasteiger partial charge >= 0.3 is 7.48 Å². The second-order valence-corrected chi connectivity index (χ2v) is 4.78. The monoisotopic (exact) mass is 283 g/mol. The molecule has 0 amide bonds. The lowest BCUT2D eigenvalue weighted by molar-refractivity contribution is 0.611. The molecule has 0 saturated heterocycles. The van der Waals surface area contributed by atoms with Crippen LogP contribution in [-0.2, 0) is 0 Å². The minimum absolute atomic E-state index is 0.621. The second-order valence-electron chi connectivity index (χ2n) is 4.78. The number of nitrogens with zero attached hydrogens (tertiary/aromatic N) is 2. The van der Waals surface area contributed by atoms with E-state index in [2.05, 4.69) is 17.6 Å².